The number of aromatic carboxylic acids is 1. The Labute approximate surface area is 222 Å². The Morgan fingerprint density at radius 3 is 2.26 bits per heavy atom. The minimum atomic E-state index is -1.01. The number of carbonyl (C=O) groups excluding carboxylic acids is 1. The molecule has 0 saturated heterocycles. The summed E-state index contributed by atoms with van der Waals surface area (Å²) in [6.45, 7) is 6.71. The molecule has 7 nitrogen and oxygen atoms in total. The molecule has 0 aliphatic heterocycles. The molecule has 2 N–H and O–H groups in total. The summed E-state index contributed by atoms with van der Waals surface area (Å²) in [5.74, 6) is -0.819. The lowest BCUT2D eigenvalue weighted by Gasteiger charge is -2.27. The van der Waals surface area contributed by atoms with E-state index in [9.17, 15) is 14.4 Å². The second-order valence-electron chi connectivity index (χ2n) is 9.69. The van der Waals surface area contributed by atoms with Crippen LogP contribution in [-0.2, 0) is 7.05 Å². The van der Waals surface area contributed by atoms with Gasteiger partial charge < -0.3 is 19.9 Å². The van der Waals surface area contributed by atoms with Crippen molar-refractivity contribution in [1.29, 1.82) is 0 Å². The van der Waals surface area contributed by atoms with E-state index in [1.807, 2.05) is 60.4 Å². The van der Waals surface area contributed by atoms with Crippen molar-refractivity contribution in [3.05, 3.63) is 112 Å². The number of anilines is 3. The molecule has 1 heterocycles. The highest BCUT2D eigenvalue weighted by atomic mass is 16.4. The highest BCUT2D eigenvalue weighted by molar-refractivity contribution is 6.07. The first-order valence-electron chi connectivity index (χ1n) is 12.4. The first kappa shape index (κ1) is 26.4. The molecule has 38 heavy (non-hydrogen) atoms. The van der Waals surface area contributed by atoms with Gasteiger partial charge in [-0.1, -0.05) is 44.2 Å². The number of hydrogen-bond acceptors (Lipinski definition) is 4. The van der Waals surface area contributed by atoms with E-state index in [1.54, 1.807) is 31.4 Å². The van der Waals surface area contributed by atoms with Crippen LogP contribution in [0.4, 0.5) is 17.1 Å². The van der Waals surface area contributed by atoms with Crippen LogP contribution in [0, 0.1) is 12.8 Å². The van der Waals surface area contributed by atoms with Crippen LogP contribution >= 0.6 is 0 Å². The zero-order chi connectivity index (χ0) is 27.4. The summed E-state index contributed by atoms with van der Waals surface area (Å²) in [6, 6.07) is 23.1. The molecule has 4 aromatic rings. The maximum atomic E-state index is 13.5. The molecule has 1 amide bonds. The van der Waals surface area contributed by atoms with Gasteiger partial charge in [0.05, 0.1) is 5.56 Å². The Morgan fingerprint density at radius 2 is 1.63 bits per heavy atom. The van der Waals surface area contributed by atoms with Gasteiger partial charge in [-0.3, -0.25) is 9.59 Å². The first-order chi connectivity index (χ1) is 18.2. The molecule has 0 aliphatic carbocycles. The molecule has 0 spiro atoms. The monoisotopic (exact) mass is 509 g/mol. The van der Waals surface area contributed by atoms with Crippen LogP contribution in [0.5, 0.6) is 0 Å². The summed E-state index contributed by atoms with van der Waals surface area (Å²) in [5, 5.41) is 12.3. The standard InChI is InChI=1S/C31H31N3O4/c1-20(2)18-34(29(35)22-9-6-5-7-10-22)28-12-8-11-26(21(28)3)24-17-27(30(36)33(4)19-24)32-25-15-13-23(14-16-25)31(37)38/h5-17,19-20,32H,18H2,1-4H3,(H,37,38). The predicted molar refractivity (Wildman–Crippen MR) is 151 cm³/mol. The van der Waals surface area contributed by atoms with Gasteiger partial charge in [0, 0.05) is 42.3 Å². The highest BCUT2D eigenvalue weighted by Crippen LogP contribution is 2.33. The van der Waals surface area contributed by atoms with E-state index in [0.29, 0.717) is 23.5 Å². The van der Waals surface area contributed by atoms with Crippen molar-refractivity contribution in [3.63, 3.8) is 0 Å². The molecule has 7 heteroatoms. The van der Waals surface area contributed by atoms with E-state index >= 15 is 0 Å². The largest absolute Gasteiger partial charge is 0.478 e. The molecule has 0 unspecified atom stereocenters. The number of carboxylic acid groups (broad SMARTS) is 1. The van der Waals surface area contributed by atoms with Gasteiger partial charge in [0.25, 0.3) is 11.5 Å². The third kappa shape index (κ3) is 5.67. The number of hydrogen-bond donors (Lipinski definition) is 2. The van der Waals surface area contributed by atoms with Crippen LogP contribution in [0.15, 0.2) is 89.9 Å². The Bertz CT molecular complexity index is 1520. The maximum Gasteiger partial charge on any atom is 0.335 e. The minimum Gasteiger partial charge on any atom is -0.478 e. The number of benzene rings is 3. The average molecular weight is 510 g/mol. The number of carbonyl (C=O) groups is 2. The lowest BCUT2D eigenvalue weighted by molar-refractivity contribution is 0.0696. The summed E-state index contributed by atoms with van der Waals surface area (Å²) in [4.78, 5) is 39.4. The third-order valence-corrected chi connectivity index (χ3v) is 6.31. The molecule has 0 aliphatic rings. The van der Waals surface area contributed by atoms with Gasteiger partial charge in [0.2, 0.25) is 0 Å². The average Bonchev–Trinajstić information content (AvgIpc) is 2.90. The molecule has 0 radical (unpaired) electrons. The van der Waals surface area contributed by atoms with Crippen LogP contribution in [0.1, 0.15) is 40.1 Å². The number of carboxylic acids is 1. The van der Waals surface area contributed by atoms with Crippen molar-refractivity contribution in [3.8, 4) is 11.1 Å². The summed E-state index contributed by atoms with van der Waals surface area (Å²) in [7, 11) is 1.69. The van der Waals surface area contributed by atoms with Crippen LogP contribution in [0.2, 0.25) is 0 Å². The zero-order valence-corrected chi connectivity index (χ0v) is 21.9. The van der Waals surface area contributed by atoms with E-state index < -0.39 is 5.97 Å². The molecule has 0 atom stereocenters. The van der Waals surface area contributed by atoms with Crippen molar-refractivity contribution in [2.45, 2.75) is 20.8 Å². The van der Waals surface area contributed by atoms with Crippen molar-refractivity contribution in [2.24, 2.45) is 13.0 Å². The topological polar surface area (TPSA) is 91.6 Å². The van der Waals surface area contributed by atoms with E-state index in [4.69, 9.17) is 5.11 Å². The molecule has 0 fully saturated rings. The SMILES string of the molecule is Cc1c(-c2cc(Nc3ccc(C(=O)O)cc3)c(=O)n(C)c2)cccc1N(CC(C)C)C(=O)c1ccccc1. The molecule has 194 valence electrons. The summed E-state index contributed by atoms with van der Waals surface area (Å²) >= 11 is 0. The van der Waals surface area contributed by atoms with Crippen LogP contribution in [0.3, 0.4) is 0 Å². The first-order valence-corrected chi connectivity index (χ1v) is 12.4. The zero-order valence-electron chi connectivity index (χ0n) is 21.9. The molecular weight excluding hydrogens is 478 g/mol. The van der Waals surface area contributed by atoms with E-state index in [2.05, 4.69) is 19.2 Å². The van der Waals surface area contributed by atoms with Gasteiger partial charge in [0.15, 0.2) is 0 Å². The number of amides is 1. The van der Waals surface area contributed by atoms with Gasteiger partial charge in [-0.2, -0.15) is 0 Å². The summed E-state index contributed by atoms with van der Waals surface area (Å²) in [5.41, 5.74) is 4.99. The van der Waals surface area contributed by atoms with Crippen molar-refractivity contribution in [1.82, 2.24) is 4.57 Å². The van der Waals surface area contributed by atoms with Gasteiger partial charge in [-0.15, -0.1) is 0 Å². The number of aromatic nitrogens is 1. The van der Waals surface area contributed by atoms with Crippen molar-refractivity contribution >= 4 is 28.9 Å². The molecular formula is C31H31N3O4. The van der Waals surface area contributed by atoms with Gasteiger partial charge in [-0.05, 0) is 72.5 Å². The fourth-order valence-corrected chi connectivity index (χ4v) is 4.42. The van der Waals surface area contributed by atoms with Gasteiger partial charge in [0.1, 0.15) is 5.69 Å². The van der Waals surface area contributed by atoms with Crippen LogP contribution in [-0.4, -0.2) is 28.1 Å². The fraction of sp³-hybridized carbons (Fsp3) is 0.194. The number of aryl methyl sites for hydroxylation is 1. The molecule has 3 aromatic carbocycles. The molecule has 4 rings (SSSR count). The van der Waals surface area contributed by atoms with E-state index in [0.717, 1.165) is 22.4 Å². The van der Waals surface area contributed by atoms with Gasteiger partial charge >= 0.3 is 5.97 Å². The Balaban J connectivity index is 1.75. The van der Waals surface area contributed by atoms with E-state index in [1.165, 1.54) is 16.7 Å². The van der Waals surface area contributed by atoms with Crippen molar-refractivity contribution < 1.29 is 14.7 Å². The minimum absolute atomic E-state index is 0.0628. The lowest BCUT2D eigenvalue weighted by Crippen LogP contribution is -2.34. The normalized spacial score (nSPS) is 10.9. The second-order valence-corrected chi connectivity index (χ2v) is 9.69. The number of nitrogens with zero attached hydrogens (tertiary/aromatic N) is 2. The molecule has 0 bridgehead atoms. The highest BCUT2D eigenvalue weighted by Gasteiger charge is 2.22. The second kappa shape index (κ2) is 11.2. The predicted octanol–water partition coefficient (Wildman–Crippen LogP) is 6.11. The summed E-state index contributed by atoms with van der Waals surface area (Å²) < 4.78 is 1.51. The van der Waals surface area contributed by atoms with Gasteiger partial charge in [-0.25, -0.2) is 4.79 Å². The smallest absolute Gasteiger partial charge is 0.335 e. The maximum absolute atomic E-state index is 13.5. The quantitative estimate of drug-likeness (QED) is 0.299. The Hall–Kier alpha value is -4.65. The third-order valence-electron chi connectivity index (χ3n) is 6.31. The Morgan fingerprint density at radius 1 is 0.947 bits per heavy atom. The number of pyridine rings is 1. The van der Waals surface area contributed by atoms with Crippen molar-refractivity contribution in [2.75, 3.05) is 16.8 Å². The number of rotatable bonds is 8. The number of nitrogens with one attached hydrogen (secondary N) is 1. The summed E-state index contributed by atoms with van der Waals surface area (Å²) in [6.07, 6.45) is 1.78. The molecule has 1 aromatic heterocycles. The van der Waals surface area contributed by atoms with E-state index in [-0.39, 0.29) is 22.9 Å². The lowest BCUT2D eigenvalue weighted by atomic mass is 9.98. The fourth-order valence-electron chi connectivity index (χ4n) is 4.42. The Kier molecular flexibility index (Phi) is 7.76. The molecule has 0 saturated carbocycles. The van der Waals surface area contributed by atoms with Crippen LogP contribution < -0.4 is 15.8 Å². The van der Waals surface area contributed by atoms with Crippen LogP contribution in [0.25, 0.3) is 11.1 Å².